The second-order valence-electron chi connectivity index (χ2n) is 6.15. The molecule has 0 bridgehead atoms. The van der Waals surface area contributed by atoms with Crippen molar-refractivity contribution >= 4 is 22.7 Å². The number of aromatic amines is 1. The fraction of sp³-hybridized carbons (Fsp3) is 0.0500. The van der Waals surface area contributed by atoms with Crippen molar-refractivity contribution in [2.24, 2.45) is 0 Å². The number of carbonyl (C=O) groups is 1. The van der Waals surface area contributed by atoms with E-state index in [0.29, 0.717) is 17.0 Å². The third-order valence-corrected chi connectivity index (χ3v) is 4.08. The van der Waals surface area contributed by atoms with Gasteiger partial charge < -0.3 is 14.5 Å². The molecule has 0 aliphatic heterocycles. The molecule has 0 fully saturated rings. The fourth-order valence-corrected chi connectivity index (χ4v) is 2.68. The van der Waals surface area contributed by atoms with Crippen molar-refractivity contribution in [3.05, 3.63) is 82.6 Å². The summed E-state index contributed by atoms with van der Waals surface area (Å²) in [7, 11) is 0. The number of ether oxygens (including phenoxy) is 1. The predicted octanol–water partition coefficient (Wildman–Crippen LogP) is 4.58. The zero-order valence-corrected chi connectivity index (χ0v) is 15.0. The van der Waals surface area contributed by atoms with Gasteiger partial charge >= 0.3 is 11.9 Å². The largest absolute Gasteiger partial charge is 0.457 e. The minimum atomic E-state index is -4.42. The molecule has 0 saturated carbocycles. The summed E-state index contributed by atoms with van der Waals surface area (Å²) in [6, 6.07) is 12.0. The zero-order valence-electron chi connectivity index (χ0n) is 15.0. The lowest BCUT2D eigenvalue weighted by Crippen LogP contribution is -2.13. The fourth-order valence-electron chi connectivity index (χ4n) is 2.68. The Bertz CT molecular complexity index is 1260. The summed E-state index contributed by atoms with van der Waals surface area (Å²) < 4.78 is 48.3. The maximum atomic E-state index is 12.6. The number of oxazole rings is 1. The lowest BCUT2D eigenvalue weighted by molar-refractivity contribution is -0.137. The molecule has 2 aromatic carbocycles. The van der Waals surface area contributed by atoms with Crippen LogP contribution in [0, 0.1) is 0 Å². The van der Waals surface area contributed by atoms with E-state index in [9.17, 15) is 22.8 Å². The molecule has 2 aromatic heterocycles. The number of carbonyl (C=O) groups excluding carboxylic acids is 1. The number of nitrogens with zero attached hydrogens (tertiary/aromatic N) is 1. The zero-order chi connectivity index (χ0) is 21.3. The lowest BCUT2D eigenvalue weighted by atomic mass is 10.2. The number of nitrogens with one attached hydrogen (secondary N) is 2. The Kier molecular flexibility index (Phi) is 4.74. The van der Waals surface area contributed by atoms with Crippen LogP contribution in [0.15, 0.2) is 70.0 Å². The number of halogens is 3. The van der Waals surface area contributed by atoms with E-state index in [2.05, 4.69) is 15.3 Å². The maximum Gasteiger partial charge on any atom is 0.417 e. The van der Waals surface area contributed by atoms with Gasteiger partial charge in [0, 0.05) is 11.9 Å². The van der Waals surface area contributed by atoms with Crippen LogP contribution in [0.1, 0.15) is 16.1 Å². The smallest absolute Gasteiger partial charge is 0.417 e. The first kappa shape index (κ1) is 19.2. The first-order chi connectivity index (χ1) is 14.3. The minimum absolute atomic E-state index is 0.0438. The number of pyridine rings is 1. The molecule has 0 unspecified atom stereocenters. The summed E-state index contributed by atoms with van der Waals surface area (Å²) in [5, 5.41) is 2.62. The first-order valence-electron chi connectivity index (χ1n) is 8.54. The van der Waals surface area contributed by atoms with Crippen LogP contribution in [-0.4, -0.2) is 15.9 Å². The number of anilines is 1. The van der Waals surface area contributed by atoms with Crippen molar-refractivity contribution in [1.82, 2.24) is 9.97 Å². The van der Waals surface area contributed by atoms with Crippen molar-refractivity contribution in [3.8, 4) is 11.5 Å². The Hall–Kier alpha value is -4.08. The third-order valence-electron chi connectivity index (χ3n) is 4.08. The van der Waals surface area contributed by atoms with E-state index in [1.165, 1.54) is 36.5 Å². The topological polar surface area (TPSA) is 97.2 Å². The van der Waals surface area contributed by atoms with E-state index >= 15 is 0 Å². The number of aromatic nitrogens is 2. The molecular formula is C20H12F3N3O4. The van der Waals surface area contributed by atoms with Gasteiger partial charge in [0.25, 0.3) is 5.91 Å². The van der Waals surface area contributed by atoms with Crippen LogP contribution in [0.4, 0.5) is 18.9 Å². The Morgan fingerprint density at radius 2 is 1.63 bits per heavy atom. The van der Waals surface area contributed by atoms with E-state index in [1.807, 2.05) is 0 Å². The van der Waals surface area contributed by atoms with Crippen molar-refractivity contribution in [3.63, 3.8) is 0 Å². The summed E-state index contributed by atoms with van der Waals surface area (Å²) in [6.07, 6.45) is -3.05. The molecule has 0 aliphatic carbocycles. The van der Waals surface area contributed by atoms with Gasteiger partial charge in [0.05, 0.1) is 11.1 Å². The number of benzene rings is 2. The Labute approximate surface area is 166 Å². The van der Waals surface area contributed by atoms with Gasteiger partial charge in [-0.2, -0.15) is 13.2 Å². The number of hydrogen-bond acceptors (Lipinski definition) is 5. The molecule has 0 radical (unpaired) electrons. The molecule has 0 spiro atoms. The third kappa shape index (κ3) is 4.02. The number of amides is 1. The number of hydrogen-bond donors (Lipinski definition) is 2. The second kappa shape index (κ2) is 7.39. The van der Waals surface area contributed by atoms with Crippen molar-refractivity contribution < 1.29 is 27.1 Å². The summed E-state index contributed by atoms with van der Waals surface area (Å²) >= 11 is 0. The maximum absolute atomic E-state index is 12.6. The van der Waals surface area contributed by atoms with Gasteiger partial charge in [-0.15, -0.1) is 0 Å². The highest BCUT2D eigenvalue weighted by atomic mass is 19.4. The Morgan fingerprint density at radius 3 is 2.27 bits per heavy atom. The number of H-pyrrole nitrogens is 1. The molecule has 4 aromatic rings. The van der Waals surface area contributed by atoms with Crippen LogP contribution >= 0.6 is 0 Å². The van der Waals surface area contributed by atoms with E-state index < -0.39 is 23.4 Å². The van der Waals surface area contributed by atoms with Gasteiger partial charge in [0.2, 0.25) is 0 Å². The van der Waals surface area contributed by atoms with E-state index in [0.717, 1.165) is 12.1 Å². The van der Waals surface area contributed by atoms with E-state index in [-0.39, 0.29) is 17.0 Å². The molecular weight excluding hydrogens is 403 g/mol. The molecule has 7 nitrogen and oxygen atoms in total. The van der Waals surface area contributed by atoms with Crippen LogP contribution in [0.25, 0.3) is 11.1 Å². The van der Waals surface area contributed by atoms with Crippen LogP contribution < -0.4 is 15.8 Å². The average Bonchev–Trinajstić information content (AvgIpc) is 3.09. The minimum Gasteiger partial charge on any atom is -0.457 e. The summed E-state index contributed by atoms with van der Waals surface area (Å²) in [5.41, 5.74) is -0.0233. The first-order valence-corrected chi connectivity index (χ1v) is 8.54. The molecule has 2 heterocycles. The molecule has 1 amide bonds. The predicted molar refractivity (Wildman–Crippen MR) is 101 cm³/mol. The highest BCUT2D eigenvalue weighted by Crippen LogP contribution is 2.31. The molecule has 152 valence electrons. The highest BCUT2D eigenvalue weighted by molar-refractivity contribution is 6.09. The van der Waals surface area contributed by atoms with Crippen molar-refractivity contribution in [2.75, 3.05) is 5.32 Å². The van der Waals surface area contributed by atoms with Gasteiger partial charge in [0.15, 0.2) is 11.3 Å². The Morgan fingerprint density at radius 1 is 1.00 bits per heavy atom. The van der Waals surface area contributed by atoms with Crippen molar-refractivity contribution in [1.29, 1.82) is 0 Å². The molecule has 2 N–H and O–H groups in total. The van der Waals surface area contributed by atoms with Gasteiger partial charge in [0.1, 0.15) is 11.5 Å². The lowest BCUT2D eigenvalue weighted by Gasteiger charge is -2.10. The summed E-state index contributed by atoms with van der Waals surface area (Å²) in [4.78, 5) is 30.2. The van der Waals surface area contributed by atoms with Crippen LogP contribution in [0.2, 0.25) is 0 Å². The van der Waals surface area contributed by atoms with Gasteiger partial charge in [-0.25, -0.2) is 9.78 Å². The van der Waals surface area contributed by atoms with Crippen molar-refractivity contribution in [2.45, 2.75) is 6.18 Å². The normalized spacial score (nSPS) is 11.4. The molecule has 30 heavy (non-hydrogen) atoms. The number of alkyl halides is 3. The number of fused-ring (bicyclic) bond motifs is 1. The average molecular weight is 415 g/mol. The van der Waals surface area contributed by atoms with Crippen LogP contribution in [0.3, 0.4) is 0 Å². The summed E-state index contributed by atoms with van der Waals surface area (Å²) in [5.74, 6) is -0.681. The monoisotopic (exact) mass is 415 g/mol. The van der Waals surface area contributed by atoms with E-state index in [4.69, 9.17) is 9.15 Å². The van der Waals surface area contributed by atoms with Gasteiger partial charge in [-0.05, 0) is 54.6 Å². The molecule has 4 rings (SSSR count). The molecule has 0 saturated heterocycles. The Balaban J connectivity index is 1.46. The quantitative estimate of drug-likeness (QED) is 0.509. The SMILES string of the molecule is O=C(Nc1ccc(Oc2ccc(C(F)(F)F)cc2)cc1)c1nccc2[nH]c(=O)oc12. The van der Waals surface area contributed by atoms with Gasteiger partial charge in [-0.1, -0.05) is 0 Å². The van der Waals surface area contributed by atoms with Gasteiger partial charge in [-0.3, -0.25) is 9.78 Å². The highest BCUT2D eigenvalue weighted by Gasteiger charge is 2.30. The standard InChI is InChI=1S/C20H12F3N3O4/c21-20(22,23)11-1-5-13(6-2-11)29-14-7-3-12(4-8-14)25-18(27)16-17-15(9-10-24-16)26-19(28)30-17/h1-10H,(H,25,27)(H,26,28). The van der Waals surface area contributed by atoms with Crippen LogP contribution in [0.5, 0.6) is 11.5 Å². The molecule has 10 heteroatoms. The molecule has 0 atom stereocenters. The molecule has 0 aliphatic rings. The van der Waals surface area contributed by atoms with E-state index in [1.54, 1.807) is 12.1 Å². The summed E-state index contributed by atoms with van der Waals surface area (Å²) in [6.45, 7) is 0. The second-order valence-corrected chi connectivity index (χ2v) is 6.15. The number of rotatable bonds is 4. The van der Waals surface area contributed by atoms with Crippen LogP contribution in [-0.2, 0) is 6.18 Å².